The molecule has 2 fully saturated rings. The number of carboxylic acids is 1. The Morgan fingerprint density at radius 1 is 1.14 bits per heavy atom. The van der Waals surface area contributed by atoms with E-state index in [4.69, 9.17) is 4.74 Å². The Labute approximate surface area is 126 Å². The lowest BCUT2D eigenvalue weighted by atomic mass is 9.92. The van der Waals surface area contributed by atoms with Gasteiger partial charge in [-0.15, -0.1) is 0 Å². The summed E-state index contributed by atoms with van der Waals surface area (Å²) in [5.41, 5.74) is 0. The molecule has 0 aromatic rings. The van der Waals surface area contributed by atoms with Gasteiger partial charge in [-0.25, -0.2) is 0 Å². The van der Waals surface area contributed by atoms with E-state index >= 15 is 0 Å². The molecule has 21 heavy (non-hydrogen) atoms. The second kappa shape index (κ2) is 7.25. The molecule has 1 saturated heterocycles. The lowest BCUT2D eigenvalue weighted by molar-refractivity contribution is -0.149. The summed E-state index contributed by atoms with van der Waals surface area (Å²) in [6.07, 6.45) is 4.28. The molecule has 0 aromatic heterocycles. The van der Waals surface area contributed by atoms with Crippen LogP contribution >= 0.6 is 0 Å². The zero-order chi connectivity index (χ0) is 15.4. The van der Waals surface area contributed by atoms with Gasteiger partial charge in [0.1, 0.15) is 0 Å². The van der Waals surface area contributed by atoms with E-state index in [0.29, 0.717) is 18.3 Å². The maximum absolute atomic E-state index is 12.7. The fourth-order valence-corrected chi connectivity index (χ4v) is 3.81. The number of hydrogen-bond donors (Lipinski definition) is 1. The van der Waals surface area contributed by atoms with Crippen LogP contribution < -0.4 is 0 Å². The molecule has 1 saturated carbocycles. The molecule has 0 aromatic carbocycles. The van der Waals surface area contributed by atoms with Crippen LogP contribution in [0.25, 0.3) is 0 Å². The van der Waals surface area contributed by atoms with Gasteiger partial charge in [-0.1, -0.05) is 13.3 Å². The fourth-order valence-electron chi connectivity index (χ4n) is 3.81. The first-order chi connectivity index (χ1) is 10.1. The number of carboxylic acid groups (broad SMARTS) is 1. The van der Waals surface area contributed by atoms with Crippen molar-refractivity contribution in [2.45, 2.75) is 39.0 Å². The number of piperidine rings is 1. The monoisotopic (exact) mass is 297 g/mol. The first-order valence-corrected chi connectivity index (χ1v) is 8.07. The number of amides is 1. The summed E-state index contributed by atoms with van der Waals surface area (Å²) in [6.45, 7) is 4.31. The summed E-state index contributed by atoms with van der Waals surface area (Å²) < 4.78 is 5.17. The summed E-state index contributed by atoms with van der Waals surface area (Å²) in [4.78, 5) is 26.0. The quantitative estimate of drug-likeness (QED) is 0.843. The van der Waals surface area contributed by atoms with Gasteiger partial charge in [0.25, 0.3) is 0 Å². The van der Waals surface area contributed by atoms with E-state index in [1.807, 2.05) is 4.90 Å². The van der Waals surface area contributed by atoms with Crippen LogP contribution in [0.5, 0.6) is 0 Å². The van der Waals surface area contributed by atoms with E-state index in [2.05, 4.69) is 6.92 Å². The summed E-state index contributed by atoms with van der Waals surface area (Å²) in [5, 5.41) is 9.37. The van der Waals surface area contributed by atoms with E-state index in [-0.39, 0.29) is 11.8 Å². The van der Waals surface area contributed by atoms with E-state index < -0.39 is 11.9 Å². The number of ether oxygens (including phenoxy) is 1. The van der Waals surface area contributed by atoms with Gasteiger partial charge < -0.3 is 14.7 Å². The molecule has 5 nitrogen and oxygen atoms in total. The third-order valence-corrected chi connectivity index (χ3v) is 5.20. The average molecular weight is 297 g/mol. The van der Waals surface area contributed by atoms with Crippen molar-refractivity contribution in [2.75, 3.05) is 26.8 Å². The normalized spacial score (nSPS) is 30.6. The Hall–Kier alpha value is -1.10. The van der Waals surface area contributed by atoms with Gasteiger partial charge in [-0.2, -0.15) is 0 Å². The largest absolute Gasteiger partial charge is 0.481 e. The van der Waals surface area contributed by atoms with Crippen LogP contribution in [-0.4, -0.2) is 48.7 Å². The summed E-state index contributed by atoms with van der Waals surface area (Å²) in [7, 11) is 1.71. The van der Waals surface area contributed by atoms with Crippen molar-refractivity contribution in [1.29, 1.82) is 0 Å². The molecule has 120 valence electrons. The molecular formula is C16H27NO4. The number of carbonyl (C=O) groups excluding carboxylic acids is 1. The molecule has 2 aliphatic rings. The van der Waals surface area contributed by atoms with Crippen LogP contribution in [0.3, 0.4) is 0 Å². The molecule has 5 heteroatoms. The van der Waals surface area contributed by atoms with Gasteiger partial charge >= 0.3 is 5.97 Å². The minimum atomic E-state index is -0.807. The lowest BCUT2D eigenvalue weighted by Gasteiger charge is -2.34. The van der Waals surface area contributed by atoms with Crippen molar-refractivity contribution in [2.24, 2.45) is 23.7 Å². The fraction of sp³-hybridized carbons (Fsp3) is 0.875. The molecule has 1 amide bonds. The second-order valence-electron chi connectivity index (χ2n) is 6.52. The third-order valence-electron chi connectivity index (χ3n) is 5.20. The number of likely N-dealkylation sites (tertiary alicyclic amines) is 1. The minimum absolute atomic E-state index is 0.0641. The number of rotatable bonds is 5. The predicted octanol–water partition coefficient (Wildman–Crippen LogP) is 2.01. The zero-order valence-corrected chi connectivity index (χ0v) is 13.1. The first-order valence-electron chi connectivity index (χ1n) is 8.07. The summed E-state index contributed by atoms with van der Waals surface area (Å²) in [6, 6.07) is 0. The minimum Gasteiger partial charge on any atom is -0.481 e. The molecule has 2 rings (SSSR count). The Morgan fingerprint density at radius 3 is 2.29 bits per heavy atom. The summed E-state index contributed by atoms with van der Waals surface area (Å²) in [5.74, 6) is -0.634. The maximum atomic E-state index is 12.7. The zero-order valence-electron chi connectivity index (χ0n) is 13.1. The van der Waals surface area contributed by atoms with Crippen molar-refractivity contribution < 1.29 is 19.4 Å². The highest BCUT2D eigenvalue weighted by Gasteiger charge is 2.43. The Balaban J connectivity index is 1.94. The van der Waals surface area contributed by atoms with Crippen LogP contribution in [0.4, 0.5) is 0 Å². The molecule has 1 unspecified atom stereocenters. The highest BCUT2D eigenvalue weighted by molar-refractivity contribution is 5.85. The summed E-state index contributed by atoms with van der Waals surface area (Å²) >= 11 is 0. The Kier molecular flexibility index (Phi) is 5.62. The third kappa shape index (κ3) is 3.76. The molecule has 0 spiro atoms. The number of carbonyl (C=O) groups is 2. The number of hydrogen-bond acceptors (Lipinski definition) is 3. The molecule has 0 bridgehead atoms. The molecule has 1 heterocycles. The van der Waals surface area contributed by atoms with Gasteiger partial charge in [0.15, 0.2) is 0 Å². The molecule has 1 aliphatic carbocycles. The first kappa shape index (κ1) is 16.3. The molecule has 0 radical (unpaired) electrons. The van der Waals surface area contributed by atoms with Crippen molar-refractivity contribution in [3.63, 3.8) is 0 Å². The van der Waals surface area contributed by atoms with Gasteiger partial charge in [0, 0.05) is 26.8 Å². The SMILES string of the molecule is CCC1C[C@H](C(=O)N2CCC(COC)CC2)[C@H](C(=O)O)C1. The molecule has 3 atom stereocenters. The van der Waals surface area contributed by atoms with Gasteiger partial charge in [-0.3, -0.25) is 9.59 Å². The number of aliphatic carboxylic acids is 1. The van der Waals surface area contributed by atoms with Gasteiger partial charge in [0.05, 0.1) is 11.8 Å². The Morgan fingerprint density at radius 2 is 1.76 bits per heavy atom. The molecule has 1 aliphatic heterocycles. The number of nitrogens with zero attached hydrogens (tertiary/aromatic N) is 1. The molecular weight excluding hydrogens is 270 g/mol. The highest BCUT2D eigenvalue weighted by atomic mass is 16.5. The van der Waals surface area contributed by atoms with Crippen LogP contribution in [0.15, 0.2) is 0 Å². The highest BCUT2D eigenvalue weighted by Crippen LogP contribution is 2.39. The second-order valence-corrected chi connectivity index (χ2v) is 6.52. The van der Waals surface area contributed by atoms with E-state index in [9.17, 15) is 14.7 Å². The van der Waals surface area contributed by atoms with Crippen LogP contribution in [-0.2, 0) is 14.3 Å². The van der Waals surface area contributed by atoms with Crippen molar-refractivity contribution >= 4 is 11.9 Å². The maximum Gasteiger partial charge on any atom is 0.307 e. The van der Waals surface area contributed by atoms with E-state index in [1.54, 1.807) is 7.11 Å². The Bertz CT molecular complexity index is 376. The van der Waals surface area contributed by atoms with Crippen LogP contribution in [0.2, 0.25) is 0 Å². The average Bonchev–Trinajstić information content (AvgIpc) is 2.92. The smallest absolute Gasteiger partial charge is 0.307 e. The van der Waals surface area contributed by atoms with Gasteiger partial charge in [-0.05, 0) is 37.5 Å². The van der Waals surface area contributed by atoms with Crippen LogP contribution in [0, 0.1) is 23.7 Å². The van der Waals surface area contributed by atoms with Crippen molar-refractivity contribution in [3.05, 3.63) is 0 Å². The number of methoxy groups -OCH3 is 1. The topological polar surface area (TPSA) is 66.8 Å². The molecule has 1 N–H and O–H groups in total. The van der Waals surface area contributed by atoms with Gasteiger partial charge in [0.2, 0.25) is 5.91 Å². The van der Waals surface area contributed by atoms with E-state index in [0.717, 1.165) is 45.4 Å². The van der Waals surface area contributed by atoms with Crippen molar-refractivity contribution in [1.82, 2.24) is 4.90 Å². The van der Waals surface area contributed by atoms with Crippen LogP contribution in [0.1, 0.15) is 39.0 Å². The van der Waals surface area contributed by atoms with Crippen molar-refractivity contribution in [3.8, 4) is 0 Å². The predicted molar refractivity (Wildman–Crippen MR) is 78.8 cm³/mol. The standard InChI is InChI=1S/C16H27NO4/c1-3-11-8-13(14(9-11)16(19)20)15(18)17-6-4-12(5-7-17)10-21-2/h11-14H,3-10H2,1-2H3,(H,19,20)/t11?,13-,14+/m0/s1. The van der Waals surface area contributed by atoms with E-state index in [1.165, 1.54) is 0 Å². The lowest BCUT2D eigenvalue weighted by Crippen LogP contribution is -2.44.